The summed E-state index contributed by atoms with van der Waals surface area (Å²) >= 11 is 6.55. The van der Waals surface area contributed by atoms with Gasteiger partial charge in [-0.1, -0.05) is 36.4 Å². The highest BCUT2D eigenvalue weighted by Crippen LogP contribution is 2.57. The van der Waals surface area contributed by atoms with Gasteiger partial charge in [0.05, 0.1) is 11.8 Å². The summed E-state index contributed by atoms with van der Waals surface area (Å²) in [6.07, 6.45) is 2.08. The van der Waals surface area contributed by atoms with E-state index in [-0.39, 0.29) is 29.3 Å². The molecule has 27 heavy (non-hydrogen) atoms. The molecule has 2 saturated carbocycles. The van der Waals surface area contributed by atoms with E-state index in [1.165, 1.54) is 0 Å². The van der Waals surface area contributed by atoms with Crippen molar-refractivity contribution in [1.29, 1.82) is 0 Å². The average Bonchev–Trinajstić information content (AvgIpc) is 3.34. The third-order valence-electron chi connectivity index (χ3n) is 6.45. The van der Waals surface area contributed by atoms with E-state index in [0.29, 0.717) is 11.8 Å². The van der Waals surface area contributed by atoms with Gasteiger partial charge >= 0.3 is 0 Å². The molecule has 2 aromatic carbocycles. The van der Waals surface area contributed by atoms with E-state index in [1.54, 1.807) is 0 Å². The maximum absolute atomic E-state index is 13.4. The molecule has 3 aliphatic rings. The predicted molar refractivity (Wildman–Crippen MR) is 107 cm³/mol. The number of nitrogens with zero attached hydrogens (tertiary/aromatic N) is 1. The lowest BCUT2D eigenvalue weighted by molar-refractivity contribution is -0.118. The quantitative estimate of drug-likeness (QED) is 0.800. The van der Waals surface area contributed by atoms with E-state index in [4.69, 9.17) is 16.4 Å². The lowest BCUT2D eigenvalue weighted by Crippen LogP contribution is -2.45. The van der Waals surface area contributed by atoms with Crippen LogP contribution in [-0.2, 0) is 9.63 Å². The van der Waals surface area contributed by atoms with Gasteiger partial charge in [0.2, 0.25) is 5.91 Å². The molecule has 1 heterocycles. The SMILES string of the molecule is Cc1ccccc1NC(=O)[C@H]1[C@H]2[C@H]3C[C@@H]([C@H]2ON1c1ccccc1)[C@H](Cl)C3. The number of benzene rings is 2. The van der Waals surface area contributed by atoms with Gasteiger partial charge in [-0.05, 0) is 49.4 Å². The first-order chi connectivity index (χ1) is 13.1. The van der Waals surface area contributed by atoms with Crippen molar-refractivity contribution >= 4 is 28.9 Å². The summed E-state index contributed by atoms with van der Waals surface area (Å²) < 4.78 is 0. The summed E-state index contributed by atoms with van der Waals surface area (Å²) in [6, 6.07) is 17.5. The molecule has 2 aromatic rings. The van der Waals surface area contributed by atoms with Crippen LogP contribution in [0.15, 0.2) is 54.6 Å². The Morgan fingerprint density at radius 3 is 2.63 bits per heavy atom. The largest absolute Gasteiger partial charge is 0.324 e. The lowest BCUT2D eigenvalue weighted by atomic mass is 9.81. The zero-order chi connectivity index (χ0) is 18.5. The van der Waals surface area contributed by atoms with Crippen molar-refractivity contribution in [3.05, 3.63) is 60.2 Å². The van der Waals surface area contributed by atoms with Gasteiger partial charge in [-0.25, -0.2) is 5.06 Å². The number of aryl methyl sites for hydroxylation is 1. The smallest absolute Gasteiger partial charge is 0.250 e. The van der Waals surface area contributed by atoms with Crippen molar-refractivity contribution in [2.24, 2.45) is 17.8 Å². The Morgan fingerprint density at radius 1 is 1.11 bits per heavy atom. The van der Waals surface area contributed by atoms with E-state index in [9.17, 15) is 4.79 Å². The molecule has 2 aliphatic carbocycles. The molecule has 2 bridgehead atoms. The van der Waals surface area contributed by atoms with E-state index < -0.39 is 0 Å². The molecule has 140 valence electrons. The van der Waals surface area contributed by atoms with Gasteiger partial charge < -0.3 is 5.32 Å². The number of para-hydroxylation sites is 2. The van der Waals surface area contributed by atoms with Gasteiger partial charge in [-0.3, -0.25) is 9.63 Å². The van der Waals surface area contributed by atoms with E-state index in [2.05, 4.69) is 5.32 Å². The van der Waals surface area contributed by atoms with Crippen molar-refractivity contribution in [2.45, 2.75) is 37.3 Å². The molecule has 4 nitrogen and oxygen atoms in total. The predicted octanol–water partition coefficient (Wildman–Crippen LogP) is 4.39. The van der Waals surface area contributed by atoms with Gasteiger partial charge in [0.15, 0.2) is 0 Å². The second-order valence-electron chi connectivity index (χ2n) is 7.97. The molecular weight excluding hydrogens is 360 g/mol. The molecule has 0 spiro atoms. The third-order valence-corrected chi connectivity index (χ3v) is 6.95. The molecular formula is C22H23ClN2O2. The first-order valence-electron chi connectivity index (χ1n) is 9.65. The molecule has 3 fully saturated rings. The standard InChI is InChI=1S/C22H23ClN2O2/c1-13-7-5-6-10-18(13)24-22(26)20-19-14-11-16(17(23)12-14)21(19)27-25(20)15-8-3-2-4-9-15/h2-10,14,16-17,19-21H,11-12H2,1H3,(H,24,26)/t14-,16+,17+,19+,20+,21+/m0/s1. The number of anilines is 2. The number of carbonyl (C=O) groups excluding carboxylic acids is 1. The molecule has 0 aromatic heterocycles. The van der Waals surface area contributed by atoms with Crippen LogP contribution in [0.3, 0.4) is 0 Å². The second kappa shape index (κ2) is 6.54. The third kappa shape index (κ3) is 2.74. The number of hydroxylamine groups is 1. The molecule has 0 unspecified atom stereocenters. The molecule has 1 aliphatic heterocycles. The maximum atomic E-state index is 13.4. The van der Waals surface area contributed by atoms with Crippen LogP contribution in [0.5, 0.6) is 0 Å². The summed E-state index contributed by atoms with van der Waals surface area (Å²) in [5, 5.41) is 5.13. The molecule has 1 N–H and O–H groups in total. The minimum Gasteiger partial charge on any atom is -0.324 e. The highest BCUT2D eigenvalue weighted by atomic mass is 35.5. The van der Waals surface area contributed by atoms with E-state index >= 15 is 0 Å². The molecule has 0 radical (unpaired) electrons. The number of halogens is 1. The zero-order valence-electron chi connectivity index (χ0n) is 15.2. The van der Waals surface area contributed by atoms with Crippen LogP contribution < -0.4 is 10.4 Å². The Hall–Kier alpha value is -2.04. The minimum atomic E-state index is -0.337. The van der Waals surface area contributed by atoms with Crippen LogP contribution in [0, 0.1) is 24.7 Å². The van der Waals surface area contributed by atoms with Crippen LogP contribution in [0.25, 0.3) is 0 Å². The van der Waals surface area contributed by atoms with Crippen LogP contribution >= 0.6 is 11.6 Å². The van der Waals surface area contributed by atoms with Crippen molar-refractivity contribution in [3.63, 3.8) is 0 Å². The topological polar surface area (TPSA) is 41.6 Å². The Bertz CT molecular complexity index is 858. The summed E-state index contributed by atoms with van der Waals surface area (Å²) in [6.45, 7) is 2.01. The van der Waals surface area contributed by atoms with Crippen molar-refractivity contribution in [2.75, 3.05) is 10.4 Å². The van der Waals surface area contributed by atoms with Gasteiger partial charge in [0.25, 0.3) is 0 Å². The van der Waals surface area contributed by atoms with E-state index in [1.807, 2.05) is 66.6 Å². The van der Waals surface area contributed by atoms with Crippen LogP contribution in [0.2, 0.25) is 0 Å². The number of carbonyl (C=O) groups is 1. The Labute approximate surface area is 164 Å². The van der Waals surface area contributed by atoms with Crippen LogP contribution in [0.1, 0.15) is 18.4 Å². The van der Waals surface area contributed by atoms with Gasteiger partial charge in [0.1, 0.15) is 6.04 Å². The molecule has 6 atom stereocenters. The van der Waals surface area contributed by atoms with Gasteiger partial charge in [0, 0.05) is 22.9 Å². The van der Waals surface area contributed by atoms with Crippen LogP contribution in [0.4, 0.5) is 11.4 Å². The fourth-order valence-corrected chi connectivity index (χ4v) is 5.68. The number of amides is 1. The number of rotatable bonds is 3. The van der Waals surface area contributed by atoms with Crippen LogP contribution in [-0.4, -0.2) is 23.4 Å². The number of fused-ring (bicyclic) bond motifs is 5. The Balaban J connectivity index is 1.48. The fraction of sp³-hybridized carbons (Fsp3) is 0.409. The highest BCUT2D eigenvalue weighted by molar-refractivity contribution is 6.21. The highest BCUT2D eigenvalue weighted by Gasteiger charge is 2.62. The number of hydrogen-bond donors (Lipinski definition) is 1. The lowest BCUT2D eigenvalue weighted by Gasteiger charge is -2.29. The Morgan fingerprint density at radius 2 is 1.85 bits per heavy atom. The summed E-state index contributed by atoms with van der Waals surface area (Å²) in [5.41, 5.74) is 2.83. The zero-order valence-corrected chi connectivity index (χ0v) is 16.0. The first kappa shape index (κ1) is 17.1. The number of hydrogen-bond acceptors (Lipinski definition) is 3. The minimum absolute atomic E-state index is 0.000625. The fourth-order valence-electron chi connectivity index (χ4n) is 5.20. The van der Waals surface area contributed by atoms with Crippen molar-refractivity contribution in [1.82, 2.24) is 0 Å². The van der Waals surface area contributed by atoms with E-state index in [0.717, 1.165) is 29.8 Å². The normalized spacial score (nSPS) is 33.9. The molecule has 1 saturated heterocycles. The maximum Gasteiger partial charge on any atom is 0.250 e. The number of alkyl halides is 1. The summed E-state index contributed by atoms with van der Waals surface area (Å²) in [7, 11) is 0. The molecule has 5 rings (SSSR count). The number of nitrogens with one attached hydrogen (secondary N) is 1. The summed E-state index contributed by atoms with van der Waals surface area (Å²) in [5.74, 6) is 0.974. The van der Waals surface area contributed by atoms with Crippen molar-refractivity contribution in [3.8, 4) is 0 Å². The summed E-state index contributed by atoms with van der Waals surface area (Å²) in [4.78, 5) is 19.8. The average molecular weight is 383 g/mol. The van der Waals surface area contributed by atoms with Gasteiger partial charge in [-0.2, -0.15) is 0 Å². The molecule has 1 amide bonds. The van der Waals surface area contributed by atoms with Gasteiger partial charge in [-0.15, -0.1) is 11.6 Å². The Kier molecular flexibility index (Phi) is 4.14. The molecule has 5 heteroatoms. The monoisotopic (exact) mass is 382 g/mol. The van der Waals surface area contributed by atoms with Crippen molar-refractivity contribution < 1.29 is 9.63 Å². The second-order valence-corrected chi connectivity index (χ2v) is 8.53. The first-order valence-corrected chi connectivity index (χ1v) is 10.1.